The first-order valence-electron chi connectivity index (χ1n) is 19.1. The van der Waals surface area contributed by atoms with Crippen LogP contribution in [0.4, 0.5) is 13.2 Å². The summed E-state index contributed by atoms with van der Waals surface area (Å²) in [6.45, 7) is 4.15. The minimum atomic E-state index is -4.57. The van der Waals surface area contributed by atoms with E-state index in [0.29, 0.717) is 28.1 Å². The van der Waals surface area contributed by atoms with E-state index in [1.54, 1.807) is 6.07 Å². The molecule has 0 saturated carbocycles. The maximum Gasteiger partial charge on any atom is 0.416 e. The summed E-state index contributed by atoms with van der Waals surface area (Å²) in [6, 6.07) is 57.1. The van der Waals surface area contributed by atoms with Gasteiger partial charge < -0.3 is 9.13 Å². The molecule has 10 aromatic rings. The van der Waals surface area contributed by atoms with Crippen molar-refractivity contribution in [3.63, 3.8) is 0 Å². The first-order chi connectivity index (χ1) is 28.2. The summed E-state index contributed by atoms with van der Waals surface area (Å²) in [5, 5.41) is 14.7. The number of hydrogen-bond acceptors (Lipinski definition) is 1. The van der Waals surface area contributed by atoms with Crippen LogP contribution in [0.3, 0.4) is 0 Å². The van der Waals surface area contributed by atoms with Crippen molar-refractivity contribution in [2.45, 2.75) is 20.0 Å². The van der Waals surface area contributed by atoms with Gasteiger partial charge in [0.15, 0.2) is 0 Å². The predicted molar refractivity (Wildman–Crippen MR) is 231 cm³/mol. The van der Waals surface area contributed by atoms with Gasteiger partial charge in [-0.25, -0.2) is 0 Å². The summed E-state index contributed by atoms with van der Waals surface area (Å²) in [4.78, 5) is 0. The summed E-state index contributed by atoms with van der Waals surface area (Å²) in [5.74, 6) is 0. The minimum Gasteiger partial charge on any atom is -0.308 e. The van der Waals surface area contributed by atoms with Gasteiger partial charge in [-0.3, -0.25) is 0 Å². The molecule has 278 valence electrons. The van der Waals surface area contributed by atoms with Crippen molar-refractivity contribution in [1.29, 1.82) is 5.26 Å². The number of alkyl halides is 3. The van der Waals surface area contributed by atoms with E-state index in [-0.39, 0.29) is 0 Å². The molecular formula is C52H34F3N3. The Balaban J connectivity index is 1.33. The molecule has 58 heavy (non-hydrogen) atoms. The number of aryl methyl sites for hydroxylation is 2. The molecule has 0 amide bonds. The first kappa shape index (κ1) is 35.1. The van der Waals surface area contributed by atoms with Gasteiger partial charge in [-0.2, -0.15) is 18.4 Å². The van der Waals surface area contributed by atoms with Gasteiger partial charge in [0.1, 0.15) is 0 Å². The van der Waals surface area contributed by atoms with Gasteiger partial charge in [0.05, 0.1) is 50.6 Å². The minimum absolute atomic E-state index is 0.380. The number of para-hydroxylation sites is 2. The Kier molecular flexibility index (Phi) is 8.10. The predicted octanol–water partition coefficient (Wildman–Crippen LogP) is 14.4. The second kappa shape index (κ2) is 13.4. The Labute approximate surface area is 333 Å². The fraction of sp³-hybridized carbons (Fsp3) is 0.0577. The van der Waals surface area contributed by atoms with Gasteiger partial charge in [0.25, 0.3) is 0 Å². The highest BCUT2D eigenvalue weighted by Crippen LogP contribution is 2.45. The molecule has 0 saturated heterocycles. The largest absolute Gasteiger partial charge is 0.416 e. The summed E-state index contributed by atoms with van der Waals surface area (Å²) < 4.78 is 47.8. The second-order valence-electron chi connectivity index (χ2n) is 15.0. The molecule has 0 aliphatic rings. The van der Waals surface area contributed by atoms with Crippen molar-refractivity contribution in [1.82, 2.24) is 9.13 Å². The number of nitriles is 1. The summed E-state index contributed by atoms with van der Waals surface area (Å²) in [5.41, 5.74) is 11.9. The second-order valence-corrected chi connectivity index (χ2v) is 15.0. The van der Waals surface area contributed by atoms with E-state index >= 15 is 0 Å². The third-order valence-corrected chi connectivity index (χ3v) is 11.2. The van der Waals surface area contributed by atoms with Crippen LogP contribution in [-0.2, 0) is 6.18 Å². The molecule has 2 aromatic heterocycles. The van der Waals surface area contributed by atoms with Crippen molar-refractivity contribution in [3.05, 3.63) is 192 Å². The smallest absolute Gasteiger partial charge is 0.308 e. The first-order valence-corrected chi connectivity index (χ1v) is 19.1. The van der Waals surface area contributed by atoms with E-state index in [2.05, 4.69) is 114 Å². The molecule has 0 aliphatic carbocycles. The van der Waals surface area contributed by atoms with Gasteiger partial charge in [0, 0.05) is 27.1 Å². The maximum atomic E-state index is 14.5. The molecule has 0 fully saturated rings. The molecule has 0 aliphatic heterocycles. The van der Waals surface area contributed by atoms with E-state index < -0.39 is 11.7 Å². The third-order valence-electron chi connectivity index (χ3n) is 11.2. The van der Waals surface area contributed by atoms with Crippen LogP contribution in [0.1, 0.15) is 22.3 Å². The van der Waals surface area contributed by atoms with E-state index in [1.807, 2.05) is 60.7 Å². The lowest BCUT2D eigenvalue weighted by Gasteiger charge is -2.21. The van der Waals surface area contributed by atoms with Gasteiger partial charge in [-0.15, -0.1) is 0 Å². The monoisotopic (exact) mass is 757 g/mol. The van der Waals surface area contributed by atoms with Crippen molar-refractivity contribution >= 4 is 43.6 Å². The van der Waals surface area contributed by atoms with E-state index in [4.69, 9.17) is 0 Å². The SMILES string of the molecule is Cc1cccc(-c2ccc3c(c2)c2ccccc2n3-c2cc(C#N)cc(-n3c4ccccc4c4cc(-c5cccc(C)c5)ccc43)c2-c2cccc(C(F)(F)F)c2)c1. The lowest BCUT2D eigenvalue weighted by atomic mass is 9.96. The fourth-order valence-corrected chi connectivity index (χ4v) is 8.65. The van der Waals surface area contributed by atoms with Crippen LogP contribution in [-0.4, -0.2) is 9.13 Å². The van der Waals surface area contributed by atoms with Crippen LogP contribution in [0.15, 0.2) is 170 Å². The van der Waals surface area contributed by atoms with Crippen LogP contribution in [0.2, 0.25) is 0 Å². The van der Waals surface area contributed by atoms with E-state index in [0.717, 1.165) is 83.1 Å². The molecule has 0 atom stereocenters. The zero-order chi connectivity index (χ0) is 39.7. The zero-order valence-electron chi connectivity index (χ0n) is 31.6. The van der Waals surface area contributed by atoms with Crippen molar-refractivity contribution < 1.29 is 13.2 Å². The Bertz CT molecular complexity index is 3140. The average Bonchev–Trinajstić information content (AvgIpc) is 3.75. The normalized spacial score (nSPS) is 11.9. The van der Waals surface area contributed by atoms with Gasteiger partial charge >= 0.3 is 6.18 Å². The number of aromatic nitrogens is 2. The lowest BCUT2D eigenvalue weighted by molar-refractivity contribution is -0.137. The van der Waals surface area contributed by atoms with Crippen molar-refractivity contribution in [3.8, 4) is 50.8 Å². The Morgan fingerprint density at radius 1 is 0.431 bits per heavy atom. The molecule has 2 heterocycles. The maximum absolute atomic E-state index is 14.5. The molecule has 0 bridgehead atoms. The molecule has 3 nitrogen and oxygen atoms in total. The molecule has 0 unspecified atom stereocenters. The zero-order valence-corrected chi connectivity index (χ0v) is 31.6. The number of benzene rings is 8. The molecule has 6 heteroatoms. The van der Waals surface area contributed by atoms with Crippen LogP contribution in [0.25, 0.3) is 88.4 Å². The highest BCUT2D eigenvalue weighted by Gasteiger charge is 2.31. The summed E-state index contributed by atoms with van der Waals surface area (Å²) >= 11 is 0. The summed E-state index contributed by atoms with van der Waals surface area (Å²) in [6.07, 6.45) is -4.57. The van der Waals surface area contributed by atoms with Crippen LogP contribution in [0, 0.1) is 25.2 Å². The Morgan fingerprint density at radius 2 is 0.879 bits per heavy atom. The summed E-state index contributed by atoms with van der Waals surface area (Å²) in [7, 11) is 0. The molecule has 0 spiro atoms. The highest BCUT2D eigenvalue weighted by atomic mass is 19.4. The number of hydrogen-bond donors (Lipinski definition) is 0. The standard InChI is InChI=1S/C52H34F3N3/c1-32-10-7-12-35(24-32)37-20-22-47-43(29-37)41-16-3-5-18-45(41)57(47)49-26-34(31-56)27-50(51(49)39-14-9-15-40(28-39)52(53,54)55)58-46-19-6-4-17-42(46)44-30-38(21-23-48(44)58)36-13-8-11-33(2)25-36/h3-30H,1-2H3. The molecule has 8 aromatic carbocycles. The molecule has 0 radical (unpaired) electrons. The third kappa shape index (κ3) is 5.74. The van der Waals surface area contributed by atoms with Crippen LogP contribution in [0.5, 0.6) is 0 Å². The number of rotatable bonds is 5. The van der Waals surface area contributed by atoms with Crippen molar-refractivity contribution in [2.75, 3.05) is 0 Å². The quantitative estimate of drug-likeness (QED) is 0.172. The average molecular weight is 758 g/mol. The topological polar surface area (TPSA) is 33.6 Å². The Morgan fingerprint density at radius 3 is 1.36 bits per heavy atom. The van der Waals surface area contributed by atoms with Gasteiger partial charge in [0.2, 0.25) is 0 Å². The van der Waals surface area contributed by atoms with Crippen LogP contribution < -0.4 is 0 Å². The van der Waals surface area contributed by atoms with Crippen LogP contribution >= 0.6 is 0 Å². The Hall–Kier alpha value is -7.36. The van der Waals surface area contributed by atoms with E-state index in [1.165, 1.54) is 12.1 Å². The van der Waals surface area contributed by atoms with Gasteiger partial charge in [-0.1, -0.05) is 120 Å². The van der Waals surface area contributed by atoms with Crippen molar-refractivity contribution in [2.24, 2.45) is 0 Å². The van der Waals surface area contributed by atoms with E-state index in [9.17, 15) is 18.4 Å². The fourth-order valence-electron chi connectivity index (χ4n) is 8.65. The highest BCUT2D eigenvalue weighted by molar-refractivity contribution is 6.13. The lowest BCUT2D eigenvalue weighted by Crippen LogP contribution is -2.07. The number of halogens is 3. The number of fused-ring (bicyclic) bond motifs is 6. The molecule has 0 N–H and O–H groups in total. The number of nitrogens with zero attached hydrogens (tertiary/aromatic N) is 3. The van der Waals surface area contributed by atoms with Gasteiger partial charge in [-0.05, 0) is 102 Å². The molecule has 10 rings (SSSR count). The molecular weight excluding hydrogens is 724 g/mol.